The van der Waals surface area contributed by atoms with E-state index in [1.165, 1.54) is 6.07 Å². The zero-order chi connectivity index (χ0) is 21.8. The summed E-state index contributed by atoms with van der Waals surface area (Å²) in [5.74, 6) is -1.74. The van der Waals surface area contributed by atoms with Gasteiger partial charge in [0.05, 0.1) is 35.3 Å². The third-order valence-electron chi connectivity index (χ3n) is 5.73. The molecule has 2 heterocycles. The number of aryl methyl sites for hydroxylation is 1. The van der Waals surface area contributed by atoms with E-state index >= 15 is 4.39 Å². The molecule has 0 radical (unpaired) electrons. The Morgan fingerprint density at radius 2 is 1.77 bits per heavy atom. The maximum atomic E-state index is 15.0. The molecule has 1 aromatic heterocycles. The minimum absolute atomic E-state index is 0.134. The average molecular weight is 419 g/mol. The molecule has 31 heavy (non-hydrogen) atoms. The molecule has 0 atom stereocenters. The van der Waals surface area contributed by atoms with Gasteiger partial charge < -0.3 is 24.8 Å². The third-order valence-corrected chi connectivity index (χ3v) is 5.73. The first-order valence-electron chi connectivity index (χ1n) is 10.0. The number of phenols is 2. The number of rotatable bonds is 4. The van der Waals surface area contributed by atoms with Gasteiger partial charge in [0, 0.05) is 11.4 Å². The highest BCUT2D eigenvalue weighted by atomic mass is 19.1. The standard InChI is InChI=1S/C24H22FN3O3/c1-14-10-17(20(25)22(30)21(14)29)23-27-18-11-16(26-15-6-4-3-5-7-15)8-9-19(18)28(23)24(2)12-31-13-24/h3-11,26,29-30H,12-13H2,1-2H3. The topological polar surface area (TPSA) is 79.5 Å². The molecule has 0 bridgehead atoms. The van der Waals surface area contributed by atoms with Gasteiger partial charge in [0.25, 0.3) is 0 Å². The number of hydrogen-bond donors (Lipinski definition) is 3. The molecular weight excluding hydrogens is 397 g/mol. The Hall–Kier alpha value is -3.58. The van der Waals surface area contributed by atoms with Crippen molar-refractivity contribution in [1.82, 2.24) is 9.55 Å². The molecule has 4 aromatic rings. The van der Waals surface area contributed by atoms with Crippen molar-refractivity contribution in [2.75, 3.05) is 18.5 Å². The van der Waals surface area contributed by atoms with Crippen molar-refractivity contribution in [3.8, 4) is 22.9 Å². The van der Waals surface area contributed by atoms with Gasteiger partial charge >= 0.3 is 0 Å². The summed E-state index contributed by atoms with van der Waals surface area (Å²) in [5.41, 5.74) is 3.44. The first-order valence-corrected chi connectivity index (χ1v) is 10.0. The molecule has 6 nitrogen and oxygen atoms in total. The summed E-state index contributed by atoms with van der Waals surface area (Å²) in [6, 6.07) is 17.1. The monoisotopic (exact) mass is 419 g/mol. The molecule has 158 valence electrons. The van der Waals surface area contributed by atoms with Gasteiger partial charge in [-0.05, 0) is 55.8 Å². The molecule has 3 N–H and O–H groups in total. The maximum absolute atomic E-state index is 15.0. The Morgan fingerprint density at radius 1 is 1.03 bits per heavy atom. The van der Waals surface area contributed by atoms with Crippen LogP contribution in [-0.2, 0) is 10.3 Å². The van der Waals surface area contributed by atoms with E-state index in [0.717, 1.165) is 16.9 Å². The van der Waals surface area contributed by atoms with E-state index in [4.69, 9.17) is 9.72 Å². The summed E-state index contributed by atoms with van der Waals surface area (Å²) in [6.07, 6.45) is 0. The first kappa shape index (κ1) is 19.4. The molecule has 1 saturated heterocycles. The fourth-order valence-electron chi connectivity index (χ4n) is 4.03. The lowest BCUT2D eigenvalue weighted by atomic mass is 9.98. The molecule has 0 aliphatic carbocycles. The van der Waals surface area contributed by atoms with E-state index < -0.39 is 22.9 Å². The van der Waals surface area contributed by atoms with Crippen molar-refractivity contribution in [3.05, 3.63) is 66.0 Å². The minimum atomic E-state index is -0.897. The molecule has 1 aliphatic heterocycles. The van der Waals surface area contributed by atoms with Crippen LogP contribution in [0.4, 0.5) is 15.8 Å². The fraction of sp³-hybridized carbons (Fsp3) is 0.208. The number of fused-ring (bicyclic) bond motifs is 1. The zero-order valence-electron chi connectivity index (χ0n) is 17.2. The number of nitrogens with one attached hydrogen (secondary N) is 1. The number of para-hydroxylation sites is 1. The predicted octanol–water partition coefficient (Wildman–Crippen LogP) is 5.05. The van der Waals surface area contributed by atoms with Gasteiger partial charge in [-0.15, -0.1) is 0 Å². The van der Waals surface area contributed by atoms with Gasteiger partial charge in [-0.2, -0.15) is 0 Å². The average Bonchev–Trinajstić information content (AvgIpc) is 3.12. The van der Waals surface area contributed by atoms with Gasteiger partial charge in [0.15, 0.2) is 17.3 Å². The molecule has 7 heteroatoms. The van der Waals surface area contributed by atoms with Crippen LogP contribution in [-0.4, -0.2) is 33.0 Å². The van der Waals surface area contributed by atoms with E-state index in [9.17, 15) is 10.2 Å². The van der Waals surface area contributed by atoms with Gasteiger partial charge in [0.1, 0.15) is 5.82 Å². The number of benzene rings is 3. The maximum Gasteiger partial charge on any atom is 0.195 e. The number of hydrogen-bond acceptors (Lipinski definition) is 5. The van der Waals surface area contributed by atoms with E-state index in [0.29, 0.717) is 30.1 Å². The third kappa shape index (κ3) is 3.09. The number of ether oxygens (including phenoxy) is 1. The lowest BCUT2D eigenvalue weighted by Crippen LogP contribution is -2.49. The molecule has 5 rings (SSSR count). The van der Waals surface area contributed by atoms with Crippen molar-refractivity contribution in [2.45, 2.75) is 19.4 Å². The van der Waals surface area contributed by atoms with Crippen molar-refractivity contribution >= 4 is 22.4 Å². The number of aromatic hydroxyl groups is 2. The van der Waals surface area contributed by atoms with E-state index in [2.05, 4.69) is 5.32 Å². The van der Waals surface area contributed by atoms with Crippen molar-refractivity contribution in [1.29, 1.82) is 0 Å². The van der Waals surface area contributed by atoms with Crippen LogP contribution >= 0.6 is 0 Å². The van der Waals surface area contributed by atoms with Crippen LogP contribution in [0.1, 0.15) is 12.5 Å². The molecule has 1 fully saturated rings. The quantitative estimate of drug-likeness (QED) is 0.404. The summed E-state index contributed by atoms with van der Waals surface area (Å²) in [7, 11) is 0. The van der Waals surface area contributed by atoms with Crippen molar-refractivity contribution < 1.29 is 19.3 Å². The Kier molecular flexibility index (Phi) is 4.37. The smallest absolute Gasteiger partial charge is 0.195 e. The second kappa shape index (κ2) is 6.99. The lowest BCUT2D eigenvalue weighted by molar-refractivity contribution is -0.0868. The van der Waals surface area contributed by atoms with Crippen LogP contribution < -0.4 is 5.32 Å². The molecule has 1 aliphatic rings. The van der Waals surface area contributed by atoms with E-state index in [1.54, 1.807) is 6.92 Å². The SMILES string of the molecule is Cc1cc(-c2nc3cc(Nc4ccccc4)ccc3n2C2(C)COC2)c(F)c(O)c1O. The molecule has 3 aromatic carbocycles. The molecule has 0 unspecified atom stereocenters. The van der Waals surface area contributed by atoms with Gasteiger partial charge in [-0.3, -0.25) is 0 Å². The highest BCUT2D eigenvalue weighted by Gasteiger charge is 2.39. The number of nitrogens with zero attached hydrogens (tertiary/aromatic N) is 2. The van der Waals surface area contributed by atoms with E-state index in [-0.39, 0.29) is 5.56 Å². The highest BCUT2D eigenvalue weighted by Crippen LogP contribution is 2.42. The number of imidazole rings is 1. The van der Waals surface area contributed by atoms with Gasteiger partial charge in [0.2, 0.25) is 0 Å². The summed E-state index contributed by atoms with van der Waals surface area (Å²) in [5, 5.41) is 23.3. The predicted molar refractivity (Wildman–Crippen MR) is 117 cm³/mol. The first-order chi connectivity index (χ1) is 14.9. The van der Waals surface area contributed by atoms with Gasteiger partial charge in [-0.25, -0.2) is 9.37 Å². The Labute approximate surface area is 178 Å². The summed E-state index contributed by atoms with van der Waals surface area (Å²) in [4.78, 5) is 4.74. The summed E-state index contributed by atoms with van der Waals surface area (Å²) >= 11 is 0. The van der Waals surface area contributed by atoms with Crippen molar-refractivity contribution in [3.63, 3.8) is 0 Å². The van der Waals surface area contributed by atoms with Gasteiger partial charge in [-0.1, -0.05) is 18.2 Å². The Balaban J connectivity index is 1.70. The number of anilines is 2. The minimum Gasteiger partial charge on any atom is -0.504 e. The van der Waals surface area contributed by atoms with Crippen LogP contribution in [0.2, 0.25) is 0 Å². The number of aromatic nitrogens is 2. The lowest BCUT2D eigenvalue weighted by Gasteiger charge is -2.40. The zero-order valence-corrected chi connectivity index (χ0v) is 17.2. The fourth-order valence-corrected chi connectivity index (χ4v) is 4.03. The normalized spacial score (nSPS) is 15.1. The van der Waals surface area contributed by atoms with Crippen LogP contribution in [0.3, 0.4) is 0 Å². The molecule has 0 amide bonds. The van der Waals surface area contributed by atoms with Crippen LogP contribution in [0, 0.1) is 12.7 Å². The number of phenolic OH excluding ortho intramolecular Hbond substituents is 2. The van der Waals surface area contributed by atoms with Crippen LogP contribution in [0.25, 0.3) is 22.4 Å². The molecular formula is C24H22FN3O3. The van der Waals surface area contributed by atoms with Crippen LogP contribution in [0.5, 0.6) is 11.5 Å². The summed E-state index contributed by atoms with van der Waals surface area (Å²) < 4.78 is 22.4. The Morgan fingerprint density at radius 3 is 2.45 bits per heavy atom. The number of halogens is 1. The highest BCUT2D eigenvalue weighted by molar-refractivity contribution is 5.85. The largest absolute Gasteiger partial charge is 0.504 e. The second-order valence-corrected chi connectivity index (χ2v) is 8.21. The summed E-state index contributed by atoms with van der Waals surface area (Å²) in [6.45, 7) is 4.59. The second-order valence-electron chi connectivity index (χ2n) is 8.21. The van der Waals surface area contributed by atoms with E-state index in [1.807, 2.05) is 60.0 Å². The Bertz CT molecular complexity index is 1300. The van der Waals surface area contributed by atoms with Crippen molar-refractivity contribution in [2.24, 2.45) is 0 Å². The molecule has 0 spiro atoms. The molecule has 0 saturated carbocycles. The van der Waals surface area contributed by atoms with Crippen LogP contribution in [0.15, 0.2) is 54.6 Å².